The van der Waals surface area contributed by atoms with Crippen molar-refractivity contribution in [2.75, 3.05) is 38.0 Å². The number of amides is 3. The van der Waals surface area contributed by atoms with E-state index < -0.39 is 6.04 Å². The largest absolute Gasteiger partial charge is 0.360 e. The molecular weight excluding hydrogens is 410 g/mol. The van der Waals surface area contributed by atoms with Gasteiger partial charge in [-0.2, -0.15) is 0 Å². The van der Waals surface area contributed by atoms with E-state index in [-0.39, 0.29) is 30.2 Å². The molecule has 1 aromatic heterocycles. The summed E-state index contributed by atoms with van der Waals surface area (Å²) in [6, 6.07) is 8.33. The molecule has 1 fully saturated rings. The van der Waals surface area contributed by atoms with E-state index in [0.717, 1.165) is 5.56 Å². The quantitative estimate of drug-likeness (QED) is 0.679. The second kappa shape index (κ2) is 10.4. The summed E-state index contributed by atoms with van der Waals surface area (Å²) in [5.74, 6) is 0.445. The molecule has 2 heterocycles. The van der Waals surface area contributed by atoms with Gasteiger partial charge in [-0.1, -0.05) is 36.7 Å². The molecule has 9 heteroatoms. The Morgan fingerprint density at radius 1 is 1.06 bits per heavy atom. The van der Waals surface area contributed by atoms with Crippen LogP contribution in [0.15, 0.2) is 34.9 Å². The molecule has 2 aromatic rings. The first-order valence-electron chi connectivity index (χ1n) is 10.8. The highest BCUT2D eigenvalue weighted by atomic mass is 16.5. The number of carbonyl (C=O) groups is 3. The fourth-order valence-corrected chi connectivity index (χ4v) is 3.58. The molecule has 0 spiro atoms. The van der Waals surface area contributed by atoms with Gasteiger partial charge in [-0.3, -0.25) is 19.3 Å². The summed E-state index contributed by atoms with van der Waals surface area (Å²) < 4.78 is 4.95. The molecule has 1 aliphatic heterocycles. The molecule has 0 unspecified atom stereocenters. The number of nitrogens with zero attached hydrogens (tertiary/aromatic N) is 3. The number of aromatic nitrogens is 1. The number of anilines is 1. The minimum Gasteiger partial charge on any atom is -0.360 e. The van der Waals surface area contributed by atoms with Crippen LogP contribution in [0.1, 0.15) is 35.5 Å². The zero-order valence-corrected chi connectivity index (χ0v) is 19.1. The van der Waals surface area contributed by atoms with Crippen molar-refractivity contribution in [3.8, 4) is 0 Å². The summed E-state index contributed by atoms with van der Waals surface area (Å²) in [6.07, 6.45) is 0. The van der Waals surface area contributed by atoms with Crippen molar-refractivity contribution >= 4 is 23.5 Å². The normalized spacial score (nSPS) is 15.5. The van der Waals surface area contributed by atoms with Gasteiger partial charge in [0.15, 0.2) is 5.82 Å². The molecule has 172 valence electrons. The van der Waals surface area contributed by atoms with Crippen LogP contribution >= 0.6 is 0 Å². The Morgan fingerprint density at radius 2 is 1.72 bits per heavy atom. The Balaban J connectivity index is 1.51. The van der Waals surface area contributed by atoms with Crippen LogP contribution < -0.4 is 10.6 Å². The van der Waals surface area contributed by atoms with Crippen molar-refractivity contribution in [2.24, 2.45) is 5.92 Å². The molecule has 9 nitrogen and oxygen atoms in total. The van der Waals surface area contributed by atoms with Gasteiger partial charge in [0.25, 0.3) is 5.91 Å². The molecule has 32 heavy (non-hydrogen) atoms. The van der Waals surface area contributed by atoms with E-state index in [1.54, 1.807) is 30.0 Å². The van der Waals surface area contributed by atoms with Crippen LogP contribution in [0.3, 0.4) is 0 Å². The molecule has 3 amide bonds. The second-order valence-corrected chi connectivity index (χ2v) is 8.53. The van der Waals surface area contributed by atoms with Crippen molar-refractivity contribution in [1.82, 2.24) is 20.3 Å². The van der Waals surface area contributed by atoms with Crippen LogP contribution in [-0.2, 0) is 9.59 Å². The molecule has 0 aliphatic carbocycles. The number of hydrogen-bond acceptors (Lipinski definition) is 6. The zero-order chi connectivity index (χ0) is 23.3. The van der Waals surface area contributed by atoms with Gasteiger partial charge in [-0.15, -0.1) is 0 Å². The van der Waals surface area contributed by atoms with E-state index in [0.29, 0.717) is 43.3 Å². The van der Waals surface area contributed by atoms with E-state index in [1.165, 1.54) is 0 Å². The van der Waals surface area contributed by atoms with Gasteiger partial charge in [0.2, 0.25) is 11.8 Å². The molecule has 1 aromatic carbocycles. The van der Waals surface area contributed by atoms with Crippen LogP contribution in [-0.4, -0.2) is 71.4 Å². The number of carbonyl (C=O) groups excluding carboxylic acids is 3. The average Bonchev–Trinajstić information content (AvgIpc) is 3.16. The van der Waals surface area contributed by atoms with Crippen LogP contribution in [0.4, 0.5) is 5.82 Å². The van der Waals surface area contributed by atoms with Crippen molar-refractivity contribution < 1.29 is 18.9 Å². The van der Waals surface area contributed by atoms with Crippen molar-refractivity contribution in [2.45, 2.75) is 33.7 Å². The molecule has 0 bridgehead atoms. The lowest BCUT2D eigenvalue weighted by Crippen LogP contribution is -2.57. The molecule has 1 aliphatic rings. The highest BCUT2D eigenvalue weighted by Crippen LogP contribution is 2.12. The van der Waals surface area contributed by atoms with Gasteiger partial charge >= 0.3 is 0 Å². The first-order valence-corrected chi connectivity index (χ1v) is 10.8. The van der Waals surface area contributed by atoms with Gasteiger partial charge in [0.05, 0.1) is 6.54 Å². The van der Waals surface area contributed by atoms with Gasteiger partial charge in [-0.25, -0.2) is 0 Å². The lowest BCUT2D eigenvalue weighted by Gasteiger charge is -2.37. The average molecular weight is 442 g/mol. The third-order valence-electron chi connectivity index (χ3n) is 5.48. The first kappa shape index (κ1) is 23.5. The summed E-state index contributed by atoms with van der Waals surface area (Å²) in [6.45, 7) is 9.92. The Hall–Kier alpha value is -3.20. The Bertz CT molecular complexity index is 946. The second-order valence-electron chi connectivity index (χ2n) is 8.53. The van der Waals surface area contributed by atoms with Crippen molar-refractivity contribution in [3.05, 3.63) is 47.2 Å². The molecular formula is C23H31N5O4. The first-order chi connectivity index (χ1) is 15.2. The van der Waals surface area contributed by atoms with E-state index in [9.17, 15) is 14.4 Å². The van der Waals surface area contributed by atoms with Crippen LogP contribution in [0.5, 0.6) is 0 Å². The topological polar surface area (TPSA) is 108 Å². The molecule has 1 atom stereocenters. The lowest BCUT2D eigenvalue weighted by molar-refractivity contribution is -0.136. The summed E-state index contributed by atoms with van der Waals surface area (Å²) in [5, 5.41) is 9.36. The summed E-state index contributed by atoms with van der Waals surface area (Å²) in [5.41, 5.74) is 1.60. The van der Waals surface area contributed by atoms with Crippen LogP contribution in [0, 0.1) is 19.8 Å². The zero-order valence-electron chi connectivity index (χ0n) is 19.1. The molecule has 0 radical (unpaired) electrons. The van der Waals surface area contributed by atoms with E-state index in [4.69, 9.17) is 4.52 Å². The van der Waals surface area contributed by atoms with Gasteiger partial charge < -0.3 is 20.1 Å². The maximum Gasteiger partial charge on any atom is 0.251 e. The Morgan fingerprint density at radius 3 is 2.28 bits per heavy atom. The smallest absolute Gasteiger partial charge is 0.251 e. The van der Waals surface area contributed by atoms with Crippen molar-refractivity contribution in [3.63, 3.8) is 0 Å². The van der Waals surface area contributed by atoms with Gasteiger partial charge in [-0.05, 0) is 31.9 Å². The molecule has 0 saturated carbocycles. The van der Waals surface area contributed by atoms with Crippen molar-refractivity contribution in [1.29, 1.82) is 0 Å². The number of rotatable bonds is 7. The number of aryl methyl sites for hydroxylation is 2. The summed E-state index contributed by atoms with van der Waals surface area (Å²) in [4.78, 5) is 41.7. The number of piperazine rings is 1. The maximum absolute atomic E-state index is 13.1. The van der Waals surface area contributed by atoms with E-state index in [2.05, 4.69) is 15.8 Å². The Labute approximate surface area is 188 Å². The van der Waals surface area contributed by atoms with E-state index >= 15 is 0 Å². The van der Waals surface area contributed by atoms with Crippen LogP contribution in [0.25, 0.3) is 0 Å². The minimum absolute atomic E-state index is 0.0494. The molecule has 1 saturated heterocycles. The third-order valence-corrected chi connectivity index (χ3v) is 5.48. The van der Waals surface area contributed by atoms with E-state index in [1.807, 2.05) is 37.8 Å². The highest BCUT2D eigenvalue weighted by molar-refractivity contribution is 5.97. The monoisotopic (exact) mass is 441 g/mol. The minimum atomic E-state index is -0.603. The SMILES string of the molecule is Cc1ccc(C(=O)N[C@H](C(=O)N2CCN(CC(=O)Nc3cc(C)on3)CC2)C(C)C)cc1. The Kier molecular flexibility index (Phi) is 7.63. The third kappa shape index (κ3) is 6.16. The number of nitrogens with one attached hydrogen (secondary N) is 2. The highest BCUT2D eigenvalue weighted by Gasteiger charge is 2.31. The molecule has 2 N–H and O–H groups in total. The summed E-state index contributed by atoms with van der Waals surface area (Å²) in [7, 11) is 0. The molecule has 3 rings (SSSR count). The maximum atomic E-state index is 13.1. The fourth-order valence-electron chi connectivity index (χ4n) is 3.58. The number of benzene rings is 1. The fraction of sp³-hybridized carbons (Fsp3) is 0.478. The number of hydrogen-bond donors (Lipinski definition) is 2. The predicted molar refractivity (Wildman–Crippen MR) is 120 cm³/mol. The predicted octanol–water partition coefficient (Wildman–Crippen LogP) is 1.83. The van der Waals surface area contributed by atoms with Crippen LogP contribution in [0.2, 0.25) is 0 Å². The standard InChI is InChI=1S/C23H31N5O4/c1-15(2)21(25-22(30)18-7-5-16(3)6-8-18)23(31)28-11-9-27(10-12-28)14-20(29)24-19-13-17(4)32-26-19/h5-8,13,15,21H,9-12,14H2,1-4H3,(H,25,30)(H,24,26,29)/t21-/m0/s1. The van der Waals surface area contributed by atoms with Gasteiger partial charge in [0, 0.05) is 37.8 Å². The summed E-state index contributed by atoms with van der Waals surface area (Å²) >= 11 is 0. The lowest BCUT2D eigenvalue weighted by atomic mass is 10.0. The van der Waals surface area contributed by atoms with Gasteiger partial charge in [0.1, 0.15) is 11.8 Å².